The molecule has 0 unspecified atom stereocenters. The van der Waals surface area contributed by atoms with Crippen LogP contribution >= 0.6 is 11.3 Å². The van der Waals surface area contributed by atoms with Crippen molar-refractivity contribution in [3.05, 3.63) is 10.6 Å². The smallest absolute Gasteiger partial charge is 0.185 e. The molecule has 0 spiro atoms. The van der Waals surface area contributed by atoms with E-state index >= 15 is 0 Å². The quantitative estimate of drug-likeness (QED) is 0.828. The predicted molar refractivity (Wildman–Crippen MR) is 69.2 cm³/mol. The molecule has 0 bridgehead atoms. The van der Waals surface area contributed by atoms with Gasteiger partial charge < -0.3 is 15.4 Å². The van der Waals surface area contributed by atoms with Crippen molar-refractivity contribution in [3.8, 4) is 0 Å². The lowest BCUT2D eigenvalue weighted by Gasteiger charge is -2.14. The first-order valence-electron chi connectivity index (χ1n) is 5.49. The minimum absolute atomic E-state index is 0.430. The molecule has 0 fully saturated rings. The molecule has 1 heterocycles. The fourth-order valence-electron chi connectivity index (χ4n) is 1.44. The topological polar surface area (TPSA) is 51.4 Å². The lowest BCUT2D eigenvalue weighted by molar-refractivity contribution is 0.206. The first-order chi connectivity index (χ1) is 7.60. The summed E-state index contributed by atoms with van der Waals surface area (Å²) in [6.07, 6.45) is 0. The summed E-state index contributed by atoms with van der Waals surface area (Å²) in [4.78, 5) is 7.94. The van der Waals surface area contributed by atoms with Gasteiger partial charge >= 0.3 is 0 Å². The number of likely N-dealkylation sites (N-methyl/N-ethyl adjacent to an activating group) is 1. The lowest BCUT2D eigenvalue weighted by atomic mass is 10.1. The second-order valence-corrected chi connectivity index (χ2v) is 5.14. The summed E-state index contributed by atoms with van der Waals surface area (Å²) in [6, 6.07) is 0. The highest BCUT2D eigenvalue weighted by molar-refractivity contribution is 7.15. The molecule has 16 heavy (non-hydrogen) atoms. The number of anilines is 1. The van der Waals surface area contributed by atoms with Gasteiger partial charge in [-0.2, -0.15) is 0 Å². The summed E-state index contributed by atoms with van der Waals surface area (Å²) >= 11 is 1.68. The highest BCUT2D eigenvalue weighted by atomic mass is 32.1. The standard InChI is InChI=1S/C11H21N3OS/c1-8(2)10-9(7-12)16-11(13-10)14(3)5-6-15-4/h8H,5-7,12H2,1-4H3. The molecule has 0 aliphatic rings. The molecule has 0 saturated carbocycles. The average Bonchev–Trinajstić information content (AvgIpc) is 2.69. The SMILES string of the molecule is COCCN(C)c1nc(C(C)C)c(CN)s1. The number of aromatic nitrogens is 1. The van der Waals surface area contributed by atoms with Gasteiger partial charge in [-0.3, -0.25) is 0 Å². The molecular formula is C11H21N3OS. The highest BCUT2D eigenvalue weighted by Gasteiger charge is 2.15. The van der Waals surface area contributed by atoms with Gasteiger partial charge in [0.2, 0.25) is 0 Å². The Morgan fingerprint density at radius 2 is 2.19 bits per heavy atom. The van der Waals surface area contributed by atoms with Crippen LogP contribution in [0.5, 0.6) is 0 Å². The van der Waals surface area contributed by atoms with Crippen LogP contribution in [0, 0.1) is 0 Å². The summed E-state index contributed by atoms with van der Waals surface area (Å²) in [5.41, 5.74) is 6.86. The summed E-state index contributed by atoms with van der Waals surface area (Å²) < 4.78 is 5.06. The van der Waals surface area contributed by atoms with Crippen molar-refractivity contribution >= 4 is 16.5 Å². The highest BCUT2D eigenvalue weighted by Crippen LogP contribution is 2.29. The van der Waals surface area contributed by atoms with Crippen molar-refractivity contribution in [2.45, 2.75) is 26.3 Å². The first-order valence-corrected chi connectivity index (χ1v) is 6.31. The Morgan fingerprint density at radius 1 is 1.50 bits per heavy atom. The van der Waals surface area contributed by atoms with Gasteiger partial charge in [-0.05, 0) is 5.92 Å². The fourth-order valence-corrected chi connectivity index (χ4v) is 2.52. The molecule has 4 nitrogen and oxygen atoms in total. The molecule has 1 aromatic rings. The number of ether oxygens (including phenoxy) is 1. The van der Waals surface area contributed by atoms with Gasteiger partial charge in [0.1, 0.15) is 0 Å². The molecule has 92 valence electrons. The molecule has 0 saturated heterocycles. The Balaban J connectivity index is 2.81. The van der Waals surface area contributed by atoms with Crippen molar-refractivity contribution in [3.63, 3.8) is 0 Å². The van der Waals surface area contributed by atoms with Crippen molar-refractivity contribution < 1.29 is 4.74 Å². The number of nitrogens with zero attached hydrogens (tertiary/aromatic N) is 2. The second-order valence-electron chi connectivity index (χ2n) is 4.08. The number of hydrogen-bond acceptors (Lipinski definition) is 5. The van der Waals surface area contributed by atoms with E-state index in [2.05, 4.69) is 23.7 Å². The minimum atomic E-state index is 0.430. The van der Waals surface area contributed by atoms with E-state index in [4.69, 9.17) is 10.5 Å². The van der Waals surface area contributed by atoms with E-state index in [-0.39, 0.29) is 0 Å². The van der Waals surface area contributed by atoms with Gasteiger partial charge in [-0.1, -0.05) is 13.8 Å². The van der Waals surface area contributed by atoms with Crippen molar-refractivity contribution in [1.82, 2.24) is 4.98 Å². The van der Waals surface area contributed by atoms with Gasteiger partial charge in [0, 0.05) is 32.1 Å². The zero-order valence-corrected chi connectivity index (χ0v) is 11.3. The van der Waals surface area contributed by atoms with Gasteiger partial charge in [0.05, 0.1) is 12.3 Å². The van der Waals surface area contributed by atoms with E-state index in [0.29, 0.717) is 19.1 Å². The molecule has 2 N–H and O–H groups in total. The zero-order chi connectivity index (χ0) is 12.1. The maximum Gasteiger partial charge on any atom is 0.185 e. The van der Waals surface area contributed by atoms with Crippen LogP contribution in [0.15, 0.2) is 0 Å². The second kappa shape index (κ2) is 6.18. The van der Waals surface area contributed by atoms with E-state index in [0.717, 1.165) is 17.4 Å². The average molecular weight is 243 g/mol. The summed E-state index contributed by atoms with van der Waals surface area (Å²) in [5.74, 6) is 0.430. The van der Waals surface area contributed by atoms with Gasteiger partial charge in [-0.15, -0.1) is 11.3 Å². The van der Waals surface area contributed by atoms with Crippen LogP contribution < -0.4 is 10.6 Å². The Kier molecular flexibility index (Phi) is 5.18. The largest absolute Gasteiger partial charge is 0.383 e. The molecule has 5 heteroatoms. The number of hydrogen-bond donors (Lipinski definition) is 1. The first kappa shape index (κ1) is 13.4. The van der Waals surface area contributed by atoms with Crippen molar-refractivity contribution in [2.75, 3.05) is 32.2 Å². The van der Waals surface area contributed by atoms with Gasteiger partial charge in [0.25, 0.3) is 0 Å². The molecule has 0 aliphatic carbocycles. The van der Waals surface area contributed by atoms with E-state index in [1.54, 1.807) is 18.4 Å². The van der Waals surface area contributed by atoms with E-state index in [1.165, 1.54) is 4.88 Å². The summed E-state index contributed by atoms with van der Waals surface area (Å²) in [6.45, 7) is 6.43. The molecular weight excluding hydrogens is 222 g/mol. The zero-order valence-electron chi connectivity index (χ0n) is 10.5. The maximum atomic E-state index is 5.73. The number of rotatable bonds is 6. The van der Waals surface area contributed by atoms with Gasteiger partial charge in [0.15, 0.2) is 5.13 Å². The monoisotopic (exact) mass is 243 g/mol. The van der Waals surface area contributed by atoms with Crippen LogP contribution in [0.3, 0.4) is 0 Å². The van der Waals surface area contributed by atoms with Gasteiger partial charge in [-0.25, -0.2) is 4.98 Å². The van der Waals surface area contributed by atoms with Crippen LogP contribution in [0.25, 0.3) is 0 Å². The molecule has 0 atom stereocenters. The fraction of sp³-hybridized carbons (Fsp3) is 0.727. The predicted octanol–water partition coefficient (Wildman–Crippen LogP) is 1.81. The van der Waals surface area contributed by atoms with E-state index in [9.17, 15) is 0 Å². The lowest BCUT2D eigenvalue weighted by Crippen LogP contribution is -2.21. The van der Waals surface area contributed by atoms with Crippen molar-refractivity contribution in [2.24, 2.45) is 5.73 Å². The normalized spacial score (nSPS) is 11.1. The minimum Gasteiger partial charge on any atom is -0.383 e. The molecule has 0 amide bonds. The Morgan fingerprint density at radius 3 is 2.62 bits per heavy atom. The van der Waals surface area contributed by atoms with Crippen LogP contribution in [0.2, 0.25) is 0 Å². The molecule has 1 aromatic heterocycles. The Bertz CT molecular complexity index is 325. The third-order valence-electron chi connectivity index (χ3n) is 2.41. The molecule has 0 aromatic carbocycles. The van der Waals surface area contributed by atoms with Crippen LogP contribution in [-0.4, -0.2) is 32.3 Å². The summed E-state index contributed by atoms with van der Waals surface area (Å²) in [7, 11) is 3.74. The number of nitrogens with two attached hydrogens (primary N) is 1. The van der Waals surface area contributed by atoms with Crippen LogP contribution in [-0.2, 0) is 11.3 Å². The van der Waals surface area contributed by atoms with E-state index < -0.39 is 0 Å². The molecule has 0 radical (unpaired) electrons. The Labute approximate surface area is 101 Å². The Hall–Kier alpha value is -0.650. The third-order valence-corrected chi connectivity index (χ3v) is 3.61. The number of methoxy groups -OCH3 is 1. The van der Waals surface area contributed by atoms with E-state index in [1.807, 2.05) is 7.05 Å². The maximum absolute atomic E-state index is 5.73. The molecule has 1 rings (SSSR count). The number of thiazole rings is 1. The third kappa shape index (κ3) is 3.17. The van der Waals surface area contributed by atoms with Crippen LogP contribution in [0.4, 0.5) is 5.13 Å². The van der Waals surface area contributed by atoms with Crippen molar-refractivity contribution in [1.29, 1.82) is 0 Å². The summed E-state index contributed by atoms with van der Waals surface area (Å²) in [5, 5.41) is 1.03. The van der Waals surface area contributed by atoms with Crippen LogP contribution in [0.1, 0.15) is 30.3 Å². The molecule has 0 aliphatic heterocycles.